The van der Waals surface area contributed by atoms with Crippen LogP contribution >= 0.6 is 22.9 Å². The summed E-state index contributed by atoms with van der Waals surface area (Å²) in [6.45, 7) is 2.38. The first-order valence-electron chi connectivity index (χ1n) is 8.79. The summed E-state index contributed by atoms with van der Waals surface area (Å²) in [5.41, 5.74) is -0.236. The molecule has 1 aromatic carbocycles. The number of rotatable bonds is 2. The van der Waals surface area contributed by atoms with E-state index in [0.717, 1.165) is 22.3 Å². The molecule has 0 aliphatic carbocycles. The Morgan fingerprint density at radius 3 is 2.71 bits per heavy atom. The average molecular weight is 420 g/mol. The number of nitrogens with zero attached hydrogens (tertiary/aromatic N) is 3. The standard InChI is InChI=1S/C19H18ClN3O4S/c1-4-11-9-23(13-7-10(20)5-6-14(13)27-11)17(25)15-8-12-16(24)21(2)19(26)22(3)18(12)28-15/h5-8,11H,4,9H2,1-3H3. The number of ether oxygens (including phenoxy) is 1. The van der Waals surface area contributed by atoms with E-state index in [0.29, 0.717) is 38.1 Å². The SMILES string of the molecule is CCC1CN(C(=O)c2cc3c(=O)n(C)c(=O)n(C)c3s2)c2cc(Cl)ccc2O1. The van der Waals surface area contributed by atoms with Crippen LogP contribution in [0.1, 0.15) is 23.0 Å². The molecule has 0 fully saturated rings. The molecule has 7 nitrogen and oxygen atoms in total. The van der Waals surface area contributed by atoms with Crippen molar-refractivity contribution in [3.8, 4) is 5.75 Å². The first-order chi connectivity index (χ1) is 13.3. The topological polar surface area (TPSA) is 73.5 Å². The van der Waals surface area contributed by atoms with E-state index < -0.39 is 11.2 Å². The van der Waals surface area contributed by atoms with Crippen molar-refractivity contribution in [1.29, 1.82) is 0 Å². The summed E-state index contributed by atoms with van der Waals surface area (Å²) in [7, 11) is 3.01. The molecule has 1 unspecified atom stereocenters. The van der Waals surface area contributed by atoms with E-state index in [-0.39, 0.29) is 12.0 Å². The van der Waals surface area contributed by atoms with E-state index in [4.69, 9.17) is 16.3 Å². The smallest absolute Gasteiger partial charge is 0.331 e. The van der Waals surface area contributed by atoms with Crippen LogP contribution < -0.4 is 20.9 Å². The van der Waals surface area contributed by atoms with Crippen LogP contribution in [0, 0.1) is 0 Å². The number of carbonyl (C=O) groups excluding carboxylic acids is 1. The third-order valence-electron chi connectivity index (χ3n) is 4.93. The maximum absolute atomic E-state index is 13.3. The zero-order valence-electron chi connectivity index (χ0n) is 15.6. The number of thiophene rings is 1. The van der Waals surface area contributed by atoms with Crippen LogP contribution in [0.2, 0.25) is 5.02 Å². The molecule has 1 aliphatic rings. The van der Waals surface area contributed by atoms with Crippen molar-refractivity contribution in [2.75, 3.05) is 11.4 Å². The van der Waals surface area contributed by atoms with E-state index in [1.54, 1.807) is 36.2 Å². The summed E-state index contributed by atoms with van der Waals surface area (Å²) in [6, 6.07) is 6.73. The lowest BCUT2D eigenvalue weighted by molar-refractivity contribution is 0.0958. The third kappa shape index (κ3) is 2.84. The fraction of sp³-hybridized carbons (Fsp3) is 0.316. The highest BCUT2D eigenvalue weighted by atomic mass is 35.5. The minimum atomic E-state index is -0.423. The number of hydrogen-bond donors (Lipinski definition) is 0. The van der Waals surface area contributed by atoms with Gasteiger partial charge in [-0.05, 0) is 30.7 Å². The summed E-state index contributed by atoms with van der Waals surface area (Å²) in [5.74, 6) is 0.348. The van der Waals surface area contributed by atoms with Crippen LogP contribution in [0.3, 0.4) is 0 Å². The molecule has 1 atom stereocenters. The summed E-state index contributed by atoms with van der Waals surface area (Å²) in [5, 5.41) is 0.854. The fourth-order valence-electron chi connectivity index (χ4n) is 3.33. The summed E-state index contributed by atoms with van der Waals surface area (Å²) < 4.78 is 8.36. The van der Waals surface area contributed by atoms with Gasteiger partial charge in [0.05, 0.1) is 22.5 Å². The molecular weight excluding hydrogens is 402 g/mol. The van der Waals surface area contributed by atoms with Gasteiger partial charge in [0.2, 0.25) is 0 Å². The highest BCUT2D eigenvalue weighted by Crippen LogP contribution is 2.38. The minimum absolute atomic E-state index is 0.135. The Balaban J connectivity index is 1.85. The number of aromatic nitrogens is 2. The van der Waals surface area contributed by atoms with Crippen LogP contribution in [-0.2, 0) is 14.1 Å². The Hall–Kier alpha value is -2.58. The normalized spacial score (nSPS) is 16.1. The highest BCUT2D eigenvalue weighted by molar-refractivity contribution is 7.20. The van der Waals surface area contributed by atoms with Crippen molar-refractivity contribution in [2.45, 2.75) is 19.4 Å². The van der Waals surface area contributed by atoms with Gasteiger partial charge < -0.3 is 9.64 Å². The zero-order chi connectivity index (χ0) is 20.2. The van der Waals surface area contributed by atoms with Gasteiger partial charge in [0.15, 0.2) is 0 Å². The molecule has 1 aliphatic heterocycles. The second-order valence-electron chi connectivity index (χ2n) is 6.71. The number of halogens is 1. The molecule has 1 amide bonds. The molecular formula is C19H18ClN3O4S. The van der Waals surface area contributed by atoms with Crippen LogP contribution in [0.15, 0.2) is 33.9 Å². The van der Waals surface area contributed by atoms with Crippen LogP contribution in [0.25, 0.3) is 10.2 Å². The van der Waals surface area contributed by atoms with Gasteiger partial charge in [-0.15, -0.1) is 11.3 Å². The zero-order valence-corrected chi connectivity index (χ0v) is 17.1. The van der Waals surface area contributed by atoms with Crippen molar-refractivity contribution < 1.29 is 9.53 Å². The first kappa shape index (κ1) is 18.8. The molecule has 3 aromatic rings. The Morgan fingerprint density at radius 1 is 1.25 bits per heavy atom. The highest BCUT2D eigenvalue weighted by Gasteiger charge is 2.31. The largest absolute Gasteiger partial charge is 0.486 e. The van der Waals surface area contributed by atoms with Crippen molar-refractivity contribution in [2.24, 2.45) is 14.1 Å². The van der Waals surface area contributed by atoms with Gasteiger partial charge in [0, 0.05) is 19.1 Å². The van der Waals surface area contributed by atoms with Gasteiger partial charge in [0.25, 0.3) is 11.5 Å². The number of amides is 1. The van der Waals surface area contributed by atoms with E-state index in [1.807, 2.05) is 6.92 Å². The molecule has 0 bridgehead atoms. The minimum Gasteiger partial charge on any atom is -0.486 e. The molecule has 3 heterocycles. The van der Waals surface area contributed by atoms with E-state index in [1.165, 1.54) is 11.6 Å². The number of fused-ring (bicyclic) bond motifs is 2. The van der Waals surface area contributed by atoms with Gasteiger partial charge in [-0.1, -0.05) is 18.5 Å². The number of benzene rings is 1. The molecule has 2 aromatic heterocycles. The molecule has 28 heavy (non-hydrogen) atoms. The van der Waals surface area contributed by atoms with Crippen LogP contribution in [0.5, 0.6) is 5.75 Å². The van der Waals surface area contributed by atoms with Gasteiger partial charge in [-0.2, -0.15) is 0 Å². The molecule has 146 valence electrons. The molecule has 0 saturated heterocycles. The van der Waals surface area contributed by atoms with Crippen molar-refractivity contribution in [3.05, 3.63) is 55.0 Å². The Labute approximate surface area is 169 Å². The van der Waals surface area contributed by atoms with Crippen LogP contribution in [-0.4, -0.2) is 27.7 Å². The fourth-order valence-corrected chi connectivity index (χ4v) is 4.55. The van der Waals surface area contributed by atoms with Crippen molar-refractivity contribution in [1.82, 2.24) is 9.13 Å². The predicted molar refractivity (Wildman–Crippen MR) is 110 cm³/mol. The van der Waals surface area contributed by atoms with E-state index in [2.05, 4.69) is 0 Å². The number of carbonyl (C=O) groups is 1. The lowest BCUT2D eigenvalue weighted by Gasteiger charge is -2.34. The predicted octanol–water partition coefficient (Wildman–Crippen LogP) is 2.77. The number of hydrogen-bond acceptors (Lipinski definition) is 5. The maximum atomic E-state index is 13.3. The molecule has 0 N–H and O–H groups in total. The quantitative estimate of drug-likeness (QED) is 0.640. The summed E-state index contributed by atoms with van der Waals surface area (Å²) in [6.07, 6.45) is 0.608. The monoisotopic (exact) mass is 419 g/mol. The van der Waals surface area contributed by atoms with Gasteiger partial charge in [-0.3, -0.25) is 18.7 Å². The summed E-state index contributed by atoms with van der Waals surface area (Å²) >= 11 is 7.27. The lowest BCUT2D eigenvalue weighted by atomic mass is 10.1. The number of anilines is 1. The van der Waals surface area contributed by atoms with Crippen LogP contribution in [0.4, 0.5) is 5.69 Å². The van der Waals surface area contributed by atoms with Gasteiger partial charge in [0.1, 0.15) is 16.7 Å². The molecule has 0 saturated carbocycles. The molecule has 9 heteroatoms. The maximum Gasteiger partial charge on any atom is 0.331 e. The second kappa shape index (κ2) is 6.79. The van der Waals surface area contributed by atoms with E-state index >= 15 is 0 Å². The van der Waals surface area contributed by atoms with Gasteiger partial charge in [-0.25, -0.2) is 4.79 Å². The second-order valence-corrected chi connectivity index (χ2v) is 8.18. The van der Waals surface area contributed by atoms with Crippen molar-refractivity contribution in [3.63, 3.8) is 0 Å². The Morgan fingerprint density at radius 2 is 2.00 bits per heavy atom. The Kier molecular flexibility index (Phi) is 4.55. The van der Waals surface area contributed by atoms with Gasteiger partial charge >= 0.3 is 5.69 Å². The molecule has 0 spiro atoms. The molecule has 4 rings (SSSR count). The average Bonchev–Trinajstić information content (AvgIpc) is 3.15. The Bertz CT molecular complexity index is 1230. The van der Waals surface area contributed by atoms with E-state index in [9.17, 15) is 14.4 Å². The number of aryl methyl sites for hydroxylation is 1. The lowest BCUT2D eigenvalue weighted by Crippen LogP contribution is -2.43. The summed E-state index contributed by atoms with van der Waals surface area (Å²) in [4.78, 5) is 40.5. The first-order valence-corrected chi connectivity index (χ1v) is 9.99. The van der Waals surface area contributed by atoms with Crippen molar-refractivity contribution >= 4 is 44.7 Å². The molecule has 0 radical (unpaired) electrons. The third-order valence-corrected chi connectivity index (χ3v) is 6.36.